The summed E-state index contributed by atoms with van der Waals surface area (Å²) in [4.78, 5) is 10.6. The van der Waals surface area contributed by atoms with Crippen LogP contribution in [0.3, 0.4) is 0 Å². The number of nitrogens with zero attached hydrogens (tertiary/aromatic N) is 3. The van der Waals surface area contributed by atoms with Gasteiger partial charge in [0.1, 0.15) is 23.8 Å². The smallest absolute Gasteiger partial charge is 0.141 e. The van der Waals surface area contributed by atoms with Crippen molar-refractivity contribution >= 4 is 34.8 Å². The summed E-state index contributed by atoms with van der Waals surface area (Å²) in [5.41, 5.74) is 14.3. The average Bonchev–Trinajstić information content (AvgIpc) is 2.88. The Kier molecular flexibility index (Phi) is 6.27. The molecule has 7 heteroatoms. The van der Waals surface area contributed by atoms with Crippen molar-refractivity contribution in [3.05, 3.63) is 125 Å². The van der Waals surface area contributed by atoms with Gasteiger partial charge in [0, 0.05) is 28.2 Å². The van der Waals surface area contributed by atoms with Gasteiger partial charge in [-0.3, -0.25) is 5.41 Å². The Labute approximate surface area is 215 Å². The summed E-state index contributed by atoms with van der Waals surface area (Å²) >= 11 is 0. The first-order valence-electron chi connectivity index (χ1n) is 11.9. The van der Waals surface area contributed by atoms with Crippen molar-refractivity contribution in [2.24, 2.45) is 0 Å². The van der Waals surface area contributed by atoms with Gasteiger partial charge in [-0.1, -0.05) is 55.1 Å². The minimum absolute atomic E-state index is 0.0406. The van der Waals surface area contributed by atoms with Crippen LogP contribution < -0.4 is 16.0 Å². The Balaban J connectivity index is 1.55. The second kappa shape index (κ2) is 9.70. The van der Waals surface area contributed by atoms with Crippen molar-refractivity contribution in [3.63, 3.8) is 0 Å². The number of aromatic nitrogens is 2. The molecule has 6 nitrogen and oxygen atoms in total. The van der Waals surface area contributed by atoms with Gasteiger partial charge < -0.3 is 16.0 Å². The lowest BCUT2D eigenvalue weighted by atomic mass is 9.93. The summed E-state index contributed by atoms with van der Waals surface area (Å²) in [6, 6.07) is 20.2. The summed E-state index contributed by atoms with van der Waals surface area (Å²) in [6.45, 7) is 9.01. The van der Waals surface area contributed by atoms with Gasteiger partial charge in [0.2, 0.25) is 0 Å². The molecule has 5 rings (SSSR count). The molecule has 3 aromatic carbocycles. The van der Waals surface area contributed by atoms with Crippen LogP contribution in [-0.2, 0) is 0 Å². The number of nitrogens with two attached hydrogens (primary N) is 1. The Bertz CT molecular complexity index is 1570. The number of benzene rings is 3. The van der Waals surface area contributed by atoms with Gasteiger partial charge in [0.05, 0.1) is 17.8 Å². The third kappa shape index (κ3) is 4.47. The molecule has 1 aliphatic heterocycles. The SMILES string of the molecule is C=C1c2c(C)cccc2C=C(CNc2ncnc(N)c2C(=N)c2cccc(F)c2)N1c1ccccc1C. The zero-order valence-electron chi connectivity index (χ0n) is 20.7. The van der Waals surface area contributed by atoms with E-state index in [4.69, 9.17) is 11.1 Å². The molecular weight excluding hydrogens is 463 g/mol. The number of nitrogens with one attached hydrogen (secondary N) is 2. The predicted molar refractivity (Wildman–Crippen MR) is 149 cm³/mol. The Morgan fingerprint density at radius 3 is 2.57 bits per heavy atom. The second-order valence-electron chi connectivity index (χ2n) is 8.96. The topological polar surface area (TPSA) is 90.9 Å². The standard InChI is InChI=1S/C30H27FN6/c1-18-8-4-5-13-25(18)37-20(3)26-19(2)9-6-10-21(26)15-24(37)16-34-30-27(29(33)35-17-36-30)28(32)22-11-7-12-23(31)14-22/h4-15,17,32H,3,16H2,1-2H3,(H3,33,34,35,36). The van der Waals surface area contributed by atoms with Gasteiger partial charge in [-0.25, -0.2) is 14.4 Å². The third-order valence-corrected chi connectivity index (χ3v) is 6.51. The molecule has 37 heavy (non-hydrogen) atoms. The number of fused-ring (bicyclic) bond motifs is 1. The van der Waals surface area contributed by atoms with E-state index in [0.29, 0.717) is 23.5 Å². The van der Waals surface area contributed by atoms with Crippen LogP contribution in [0.4, 0.5) is 21.7 Å². The molecule has 0 amide bonds. The van der Waals surface area contributed by atoms with Crippen LogP contribution >= 0.6 is 0 Å². The molecule has 0 aliphatic carbocycles. The van der Waals surface area contributed by atoms with Crippen LogP contribution in [0.25, 0.3) is 11.8 Å². The van der Waals surface area contributed by atoms with Crippen molar-refractivity contribution < 1.29 is 4.39 Å². The van der Waals surface area contributed by atoms with Crippen LogP contribution in [0.15, 0.2) is 85.3 Å². The largest absolute Gasteiger partial charge is 0.383 e. The third-order valence-electron chi connectivity index (χ3n) is 6.51. The molecule has 0 atom stereocenters. The molecule has 4 N–H and O–H groups in total. The number of rotatable bonds is 6. The average molecular weight is 491 g/mol. The number of halogens is 1. The number of nitrogen functional groups attached to an aromatic ring is 1. The van der Waals surface area contributed by atoms with E-state index in [-0.39, 0.29) is 11.5 Å². The summed E-state index contributed by atoms with van der Waals surface area (Å²) in [5.74, 6) is 0.111. The number of anilines is 3. The van der Waals surface area contributed by atoms with E-state index in [1.165, 1.54) is 18.5 Å². The molecule has 0 bridgehead atoms. The van der Waals surface area contributed by atoms with Crippen molar-refractivity contribution in [2.45, 2.75) is 13.8 Å². The number of aryl methyl sites for hydroxylation is 2. The van der Waals surface area contributed by atoms with Crippen molar-refractivity contribution in [1.29, 1.82) is 5.41 Å². The van der Waals surface area contributed by atoms with E-state index in [2.05, 4.69) is 71.0 Å². The van der Waals surface area contributed by atoms with Crippen molar-refractivity contribution in [1.82, 2.24) is 9.97 Å². The van der Waals surface area contributed by atoms with Crippen LogP contribution in [0, 0.1) is 25.1 Å². The monoisotopic (exact) mass is 490 g/mol. The van der Waals surface area contributed by atoms with E-state index >= 15 is 0 Å². The van der Waals surface area contributed by atoms with Gasteiger partial charge in [-0.15, -0.1) is 0 Å². The lowest BCUT2D eigenvalue weighted by molar-refractivity contribution is 0.627. The van der Waals surface area contributed by atoms with Gasteiger partial charge in [0.25, 0.3) is 0 Å². The van der Waals surface area contributed by atoms with Crippen molar-refractivity contribution in [2.75, 3.05) is 22.5 Å². The van der Waals surface area contributed by atoms with Gasteiger partial charge in [0.15, 0.2) is 0 Å². The molecular formula is C30H27FN6. The molecule has 184 valence electrons. The first-order valence-corrected chi connectivity index (χ1v) is 11.9. The Hall–Kier alpha value is -4.78. The highest BCUT2D eigenvalue weighted by atomic mass is 19.1. The highest BCUT2D eigenvalue weighted by Crippen LogP contribution is 2.39. The number of hydrogen-bond acceptors (Lipinski definition) is 6. The molecule has 0 saturated heterocycles. The molecule has 0 saturated carbocycles. The fourth-order valence-electron chi connectivity index (χ4n) is 4.72. The first-order chi connectivity index (χ1) is 17.8. The Morgan fingerprint density at radius 2 is 1.78 bits per heavy atom. The minimum atomic E-state index is -0.430. The summed E-state index contributed by atoms with van der Waals surface area (Å²) in [7, 11) is 0. The summed E-state index contributed by atoms with van der Waals surface area (Å²) in [6.07, 6.45) is 3.49. The molecule has 0 unspecified atom stereocenters. The second-order valence-corrected chi connectivity index (χ2v) is 8.96. The maximum Gasteiger partial charge on any atom is 0.141 e. The maximum atomic E-state index is 13.9. The van der Waals surface area contributed by atoms with E-state index in [1.54, 1.807) is 12.1 Å². The molecule has 0 radical (unpaired) electrons. The highest BCUT2D eigenvalue weighted by Gasteiger charge is 2.26. The fourth-order valence-corrected chi connectivity index (χ4v) is 4.72. The van der Waals surface area contributed by atoms with Gasteiger partial charge in [-0.05, 0) is 54.8 Å². The van der Waals surface area contributed by atoms with Crippen LogP contribution in [0.2, 0.25) is 0 Å². The van der Waals surface area contributed by atoms with Crippen LogP contribution in [-0.4, -0.2) is 22.2 Å². The quantitative estimate of drug-likeness (QED) is 0.281. The van der Waals surface area contributed by atoms with E-state index < -0.39 is 5.82 Å². The molecule has 0 spiro atoms. The maximum absolute atomic E-state index is 13.9. The van der Waals surface area contributed by atoms with Crippen LogP contribution in [0.5, 0.6) is 0 Å². The van der Waals surface area contributed by atoms with E-state index in [9.17, 15) is 4.39 Å². The summed E-state index contributed by atoms with van der Waals surface area (Å²) < 4.78 is 13.9. The van der Waals surface area contributed by atoms with Gasteiger partial charge >= 0.3 is 0 Å². The lowest BCUT2D eigenvalue weighted by Gasteiger charge is -2.35. The molecule has 1 aliphatic rings. The zero-order valence-corrected chi connectivity index (χ0v) is 20.7. The molecule has 4 aromatic rings. The normalized spacial score (nSPS) is 12.7. The van der Waals surface area contributed by atoms with E-state index in [1.807, 2.05) is 18.2 Å². The zero-order chi connectivity index (χ0) is 26.1. The van der Waals surface area contributed by atoms with Crippen LogP contribution in [0.1, 0.15) is 33.4 Å². The van der Waals surface area contributed by atoms with Gasteiger partial charge in [-0.2, -0.15) is 0 Å². The molecule has 1 aromatic heterocycles. The number of hydrogen-bond donors (Lipinski definition) is 3. The molecule has 2 heterocycles. The minimum Gasteiger partial charge on any atom is -0.383 e. The highest BCUT2D eigenvalue weighted by molar-refractivity contribution is 6.16. The molecule has 0 fully saturated rings. The van der Waals surface area contributed by atoms with Crippen molar-refractivity contribution in [3.8, 4) is 0 Å². The predicted octanol–water partition coefficient (Wildman–Crippen LogP) is 6.17. The number of para-hydroxylation sites is 1. The lowest BCUT2D eigenvalue weighted by Crippen LogP contribution is -2.29. The first kappa shape index (κ1) is 23.9. The van der Waals surface area contributed by atoms with E-state index in [0.717, 1.165) is 39.3 Å². The summed E-state index contributed by atoms with van der Waals surface area (Å²) in [5, 5.41) is 12.1. The Morgan fingerprint density at radius 1 is 1.03 bits per heavy atom. The fraction of sp³-hybridized carbons (Fsp3) is 0.100.